The number of rotatable bonds is 7. The molecule has 0 saturated heterocycles. The third-order valence-electron chi connectivity index (χ3n) is 4.62. The summed E-state index contributed by atoms with van der Waals surface area (Å²) in [7, 11) is 0. The number of carboxylic acids is 1. The second-order valence-corrected chi connectivity index (χ2v) is 7.70. The standard InChI is InChI=1S/C21H28FN.C2HF3O2/c1-15(2)13-21(20-8-6-5-7-16(20)3)23-14-17(4)18-9-11-19(22)12-10-18;3-2(4,5)1(6)7/h5-12,15,17,21,23H,13-14H2,1-4H3;(H,6,7). The van der Waals surface area contributed by atoms with Crippen LogP contribution in [0.15, 0.2) is 48.5 Å². The van der Waals surface area contributed by atoms with Crippen LogP contribution in [0.25, 0.3) is 0 Å². The van der Waals surface area contributed by atoms with Gasteiger partial charge in [-0.15, -0.1) is 0 Å². The fourth-order valence-electron chi connectivity index (χ4n) is 3.00. The molecule has 0 radical (unpaired) electrons. The quantitative estimate of drug-likeness (QED) is 0.514. The molecule has 166 valence electrons. The summed E-state index contributed by atoms with van der Waals surface area (Å²) in [5.74, 6) is -1.94. The zero-order valence-electron chi connectivity index (χ0n) is 17.6. The van der Waals surface area contributed by atoms with Crippen molar-refractivity contribution in [3.8, 4) is 0 Å². The molecule has 2 atom stereocenters. The predicted molar refractivity (Wildman–Crippen MR) is 110 cm³/mol. The molecule has 2 aromatic rings. The lowest BCUT2D eigenvalue weighted by Crippen LogP contribution is -2.27. The molecule has 7 heteroatoms. The van der Waals surface area contributed by atoms with E-state index in [0.29, 0.717) is 17.9 Å². The number of alkyl halides is 3. The van der Waals surface area contributed by atoms with E-state index in [1.54, 1.807) is 12.1 Å². The van der Waals surface area contributed by atoms with Crippen LogP contribution in [0, 0.1) is 18.7 Å². The van der Waals surface area contributed by atoms with Crippen LogP contribution < -0.4 is 5.32 Å². The van der Waals surface area contributed by atoms with Gasteiger partial charge in [0.2, 0.25) is 0 Å². The van der Waals surface area contributed by atoms with E-state index < -0.39 is 12.1 Å². The Bertz CT molecular complexity index is 789. The summed E-state index contributed by atoms with van der Waals surface area (Å²) in [5.41, 5.74) is 3.89. The molecule has 2 aromatic carbocycles. The molecule has 3 nitrogen and oxygen atoms in total. The Morgan fingerprint density at radius 2 is 1.57 bits per heavy atom. The first-order chi connectivity index (χ1) is 13.9. The number of hydrogen-bond donors (Lipinski definition) is 2. The number of nitrogens with one attached hydrogen (secondary N) is 1. The number of carbonyl (C=O) groups is 1. The van der Waals surface area contributed by atoms with Gasteiger partial charge in [0, 0.05) is 12.6 Å². The van der Waals surface area contributed by atoms with Crippen molar-refractivity contribution in [3.05, 3.63) is 71.0 Å². The number of benzene rings is 2. The fourth-order valence-corrected chi connectivity index (χ4v) is 3.00. The van der Waals surface area contributed by atoms with Gasteiger partial charge in [-0.05, 0) is 54.0 Å². The summed E-state index contributed by atoms with van der Waals surface area (Å²) in [4.78, 5) is 8.90. The van der Waals surface area contributed by atoms with E-state index in [1.807, 2.05) is 12.1 Å². The largest absolute Gasteiger partial charge is 0.490 e. The van der Waals surface area contributed by atoms with E-state index in [2.05, 4.69) is 57.3 Å². The summed E-state index contributed by atoms with van der Waals surface area (Å²) in [6.45, 7) is 9.77. The van der Waals surface area contributed by atoms with E-state index in [0.717, 1.165) is 13.0 Å². The van der Waals surface area contributed by atoms with Crippen molar-refractivity contribution in [2.45, 2.75) is 52.3 Å². The van der Waals surface area contributed by atoms with E-state index in [-0.39, 0.29) is 5.82 Å². The Balaban J connectivity index is 0.000000553. The molecule has 2 N–H and O–H groups in total. The number of halogens is 4. The summed E-state index contributed by atoms with van der Waals surface area (Å²) in [6, 6.07) is 15.8. The fraction of sp³-hybridized carbons (Fsp3) is 0.435. The minimum Gasteiger partial charge on any atom is -0.475 e. The Hall–Kier alpha value is -2.41. The second kappa shape index (κ2) is 11.7. The summed E-state index contributed by atoms with van der Waals surface area (Å²) < 4.78 is 44.8. The normalized spacial score (nSPS) is 13.4. The molecule has 2 rings (SSSR count). The lowest BCUT2D eigenvalue weighted by atomic mass is 9.93. The van der Waals surface area contributed by atoms with Crippen LogP contribution in [-0.2, 0) is 4.79 Å². The summed E-state index contributed by atoms with van der Waals surface area (Å²) >= 11 is 0. The zero-order chi connectivity index (χ0) is 22.9. The number of carboxylic acid groups (broad SMARTS) is 1. The average molecular weight is 427 g/mol. The van der Waals surface area contributed by atoms with Crippen LogP contribution in [0.3, 0.4) is 0 Å². The van der Waals surface area contributed by atoms with Crippen LogP contribution in [0.2, 0.25) is 0 Å². The topological polar surface area (TPSA) is 49.3 Å². The zero-order valence-corrected chi connectivity index (χ0v) is 17.6. The van der Waals surface area contributed by atoms with Crippen LogP contribution >= 0.6 is 0 Å². The number of aryl methyl sites for hydroxylation is 1. The molecule has 2 unspecified atom stereocenters. The van der Waals surface area contributed by atoms with E-state index in [4.69, 9.17) is 9.90 Å². The van der Waals surface area contributed by atoms with Crippen molar-refractivity contribution in [1.29, 1.82) is 0 Å². The van der Waals surface area contributed by atoms with Crippen molar-refractivity contribution in [1.82, 2.24) is 5.32 Å². The van der Waals surface area contributed by atoms with Gasteiger partial charge in [0.1, 0.15) is 5.82 Å². The maximum absolute atomic E-state index is 13.1. The summed E-state index contributed by atoms with van der Waals surface area (Å²) in [6.07, 6.45) is -3.97. The maximum Gasteiger partial charge on any atom is 0.490 e. The van der Waals surface area contributed by atoms with Gasteiger partial charge in [0.05, 0.1) is 0 Å². The van der Waals surface area contributed by atoms with E-state index in [1.165, 1.54) is 16.7 Å². The third-order valence-corrected chi connectivity index (χ3v) is 4.62. The molecule has 0 aromatic heterocycles. The van der Waals surface area contributed by atoms with Gasteiger partial charge in [-0.3, -0.25) is 0 Å². The first-order valence-electron chi connectivity index (χ1n) is 9.76. The van der Waals surface area contributed by atoms with Gasteiger partial charge in [-0.25, -0.2) is 9.18 Å². The molecular formula is C23H29F4NO2. The lowest BCUT2D eigenvalue weighted by molar-refractivity contribution is -0.192. The molecular weight excluding hydrogens is 398 g/mol. The smallest absolute Gasteiger partial charge is 0.475 e. The molecule has 30 heavy (non-hydrogen) atoms. The lowest BCUT2D eigenvalue weighted by Gasteiger charge is -2.25. The summed E-state index contributed by atoms with van der Waals surface area (Å²) in [5, 5.41) is 10.9. The van der Waals surface area contributed by atoms with Crippen molar-refractivity contribution in [2.75, 3.05) is 6.54 Å². The van der Waals surface area contributed by atoms with Crippen LogP contribution in [0.5, 0.6) is 0 Å². The molecule has 0 aliphatic heterocycles. The van der Waals surface area contributed by atoms with Crippen LogP contribution in [-0.4, -0.2) is 23.8 Å². The third kappa shape index (κ3) is 8.95. The molecule has 0 fully saturated rings. The molecule has 0 aliphatic carbocycles. The van der Waals surface area contributed by atoms with Gasteiger partial charge in [-0.2, -0.15) is 13.2 Å². The van der Waals surface area contributed by atoms with Gasteiger partial charge in [-0.1, -0.05) is 57.2 Å². The molecule has 0 heterocycles. The van der Waals surface area contributed by atoms with Gasteiger partial charge in [0.15, 0.2) is 0 Å². The molecule has 0 amide bonds. The first kappa shape index (κ1) is 25.6. The highest BCUT2D eigenvalue weighted by molar-refractivity contribution is 5.73. The Morgan fingerprint density at radius 3 is 2.03 bits per heavy atom. The molecule has 0 bridgehead atoms. The van der Waals surface area contributed by atoms with Crippen LogP contribution in [0.4, 0.5) is 17.6 Å². The van der Waals surface area contributed by atoms with Gasteiger partial charge < -0.3 is 10.4 Å². The van der Waals surface area contributed by atoms with Crippen molar-refractivity contribution in [2.24, 2.45) is 5.92 Å². The molecule has 0 aliphatic rings. The SMILES string of the molecule is Cc1ccccc1C(CC(C)C)NCC(C)c1ccc(F)cc1.O=C(O)C(F)(F)F. The predicted octanol–water partition coefficient (Wildman–Crippen LogP) is 6.25. The maximum atomic E-state index is 13.1. The Morgan fingerprint density at radius 1 is 1.03 bits per heavy atom. The van der Waals surface area contributed by atoms with Gasteiger partial charge >= 0.3 is 12.1 Å². The number of hydrogen-bond acceptors (Lipinski definition) is 2. The highest BCUT2D eigenvalue weighted by Crippen LogP contribution is 2.25. The average Bonchev–Trinajstić information content (AvgIpc) is 2.65. The van der Waals surface area contributed by atoms with Crippen LogP contribution in [0.1, 0.15) is 55.8 Å². The van der Waals surface area contributed by atoms with E-state index >= 15 is 0 Å². The van der Waals surface area contributed by atoms with Crippen molar-refractivity contribution in [3.63, 3.8) is 0 Å². The van der Waals surface area contributed by atoms with Crippen molar-refractivity contribution >= 4 is 5.97 Å². The minimum absolute atomic E-state index is 0.175. The monoisotopic (exact) mass is 427 g/mol. The highest BCUT2D eigenvalue weighted by atomic mass is 19.4. The highest BCUT2D eigenvalue weighted by Gasteiger charge is 2.38. The molecule has 0 saturated carbocycles. The Kier molecular flexibility index (Phi) is 9.99. The minimum atomic E-state index is -5.08. The Labute approximate surface area is 175 Å². The van der Waals surface area contributed by atoms with Crippen molar-refractivity contribution < 1.29 is 27.5 Å². The van der Waals surface area contributed by atoms with Gasteiger partial charge in [0.25, 0.3) is 0 Å². The second-order valence-electron chi connectivity index (χ2n) is 7.70. The number of aliphatic carboxylic acids is 1. The molecule has 0 spiro atoms. The van der Waals surface area contributed by atoms with E-state index in [9.17, 15) is 17.6 Å². The first-order valence-corrected chi connectivity index (χ1v) is 9.76.